The number of ketones is 1. The molecule has 2 atom stereocenters. The van der Waals surface area contributed by atoms with Crippen molar-refractivity contribution in [3.05, 3.63) is 42.1 Å². The van der Waals surface area contributed by atoms with Crippen LogP contribution >= 0.6 is 0 Å². The number of allylic oxidation sites excluding steroid dienone is 1. The zero-order chi connectivity index (χ0) is 17.9. The smallest absolute Gasteiger partial charge is 0.283 e. The van der Waals surface area contributed by atoms with Crippen LogP contribution in [0.25, 0.3) is 0 Å². The Morgan fingerprint density at radius 2 is 1.75 bits per heavy atom. The van der Waals surface area contributed by atoms with Crippen LogP contribution < -0.4 is 0 Å². The number of benzene rings is 1. The minimum absolute atomic E-state index is 0.00424. The molecule has 1 aliphatic carbocycles. The Bertz CT molecular complexity index is 750. The van der Waals surface area contributed by atoms with Gasteiger partial charge in [0, 0.05) is 40.3 Å². The molecule has 1 aliphatic rings. The van der Waals surface area contributed by atoms with Gasteiger partial charge >= 0.3 is 0 Å². The third-order valence-electron chi connectivity index (χ3n) is 3.72. The van der Waals surface area contributed by atoms with E-state index in [1.165, 1.54) is 6.34 Å². The van der Waals surface area contributed by atoms with Crippen molar-refractivity contribution in [3.8, 4) is 0 Å². The summed E-state index contributed by atoms with van der Waals surface area (Å²) >= 11 is 0. The summed E-state index contributed by atoms with van der Waals surface area (Å²) in [7, 11) is 3.46. The summed E-state index contributed by atoms with van der Waals surface area (Å²) < 4.78 is 27.7. The van der Waals surface area contributed by atoms with Gasteiger partial charge in [0.05, 0.1) is 4.90 Å². The van der Waals surface area contributed by atoms with Gasteiger partial charge in [-0.3, -0.25) is 4.79 Å². The first-order valence-corrected chi connectivity index (χ1v) is 9.10. The standard InChI is InChI=1S/C17H23N3O3S/c1-19(2)10-9-17(21)16-11-15(16)13-5-7-14(8-6-13)24(22,23)18-12-20(3)4/h5-10,12,15-16H,11H2,1-4H3/t15-,16?/m1/s1. The van der Waals surface area contributed by atoms with E-state index < -0.39 is 10.0 Å². The first-order chi connectivity index (χ1) is 11.2. The SMILES string of the molecule is CN(C)C=CC(=O)C1C[C@@H]1c1ccc(S(=O)(=O)N=CN(C)C)cc1. The van der Waals surface area contributed by atoms with Crippen molar-refractivity contribution in [3.63, 3.8) is 0 Å². The summed E-state index contributed by atoms with van der Waals surface area (Å²) in [4.78, 5) is 15.6. The highest BCUT2D eigenvalue weighted by atomic mass is 32.2. The molecule has 0 saturated heterocycles. The highest BCUT2D eigenvalue weighted by Gasteiger charge is 2.42. The lowest BCUT2D eigenvalue weighted by molar-refractivity contribution is -0.115. The summed E-state index contributed by atoms with van der Waals surface area (Å²) in [5.74, 6) is 0.280. The average Bonchev–Trinajstić information content (AvgIpc) is 3.31. The van der Waals surface area contributed by atoms with Gasteiger partial charge < -0.3 is 9.80 Å². The Morgan fingerprint density at radius 1 is 1.12 bits per heavy atom. The maximum atomic E-state index is 12.1. The monoisotopic (exact) mass is 349 g/mol. The molecule has 1 fully saturated rings. The van der Waals surface area contributed by atoms with E-state index >= 15 is 0 Å². The fourth-order valence-electron chi connectivity index (χ4n) is 2.33. The van der Waals surface area contributed by atoms with Gasteiger partial charge in [-0.1, -0.05) is 12.1 Å². The van der Waals surface area contributed by atoms with Gasteiger partial charge in [-0.2, -0.15) is 8.42 Å². The number of nitrogens with zero attached hydrogens (tertiary/aromatic N) is 3. The molecule has 0 aliphatic heterocycles. The lowest BCUT2D eigenvalue weighted by Gasteiger charge is -2.05. The molecule has 130 valence electrons. The summed E-state index contributed by atoms with van der Waals surface area (Å²) in [5.41, 5.74) is 0.988. The molecule has 1 unspecified atom stereocenters. The fraction of sp³-hybridized carbons (Fsp3) is 0.412. The lowest BCUT2D eigenvalue weighted by atomic mass is 10.1. The number of rotatable bonds is 7. The van der Waals surface area contributed by atoms with Crippen LogP contribution in [-0.2, 0) is 14.8 Å². The Labute approximate surface area is 143 Å². The normalized spacial score (nSPS) is 20.5. The van der Waals surface area contributed by atoms with Crippen molar-refractivity contribution in [2.75, 3.05) is 28.2 Å². The second-order valence-electron chi connectivity index (χ2n) is 6.36. The molecule has 0 N–H and O–H groups in total. The van der Waals surface area contributed by atoms with Crippen LogP contribution in [0.2, 0.25) is 0 Å². The maximum absolute atomic E-state index is 12.1. The van der Waals surface area contributed by atoms with Gasteiger partial charge in [0.2, 0.25) is 0 Å². The molecule has 0 aromatic heterocycles. The summed E-state index contributed by atoms with van der Waals surface area (Å²) in [5, 5.41) is 0. The average molecular weight is 349 g/mol. The third kappa shape index (κ3) is 4.67. The van der Waals surface area contributed by atoms with Crippen molar-refractivity contribution >= 4 is 22.1 Å². The van der Waals surface area contributed by atoms with Crippen molar-refractivity contribution in [2.45, 2.75) is 17.2 Å². The summed E-state index contributed by atoms with van der Waals surface area (Å²) in [6.07, 6.45) is 5.41. The van der Waals surface area contributed by atoms with Crippen LogP contribution in [-0.4, -0.2) is 58.5 Å². The molecular weight excluding hydrogens is 326 g/mol. The zero-order valence-corrected chi connectivity index (χ0v) is 15.2. The molecule has 6 nitrogen and oxygen atoms in total. The molecule has 0 bridgehead atoms. The van der Waals surface area contributed by atoms with E-state index in [-0.39, 0.29) is 22.5 Å². The fourth-order valence-corrected chi connectivity index (χ4v) is 3.24. The molecule has 24 heavy (non-hydrogen) atoms. The number of hydrogen-bond acceptors (Lipinski definition) is 4. The molecular formula is C17H23N3O3S. The van der Waals surface area contributed by atoms with E-state index in [1.54, 1.807) is 55.5 Å². The Hall–Kier alpha value is -2.15. The van der Waals surface area contributed by atoms with Crippen LogP contribution in [0.5, 0.6) is 0 Å². The van der Waals surface area contributed by atoms with Crippen LogP contribution in [0, 0.1) is 5.92 Å². The van der Waals surface area contributed by atoms with Crippen molar-refractivity contribution in [2.24, 2.45) is 10.3 Å². The molecule has 0 heterocycles. The maximum Gasteiger partial charge on any atom is 0.283 e. The predicted molar refractivity (Wildman–Crippen MR) is 94.5 cm³/mol. The van der Waals surface area contributed by atoms with Crippen molar-refractivity contribution in [1.82, 2.24) is 9.80 Å². The largest absolute Gasteiger partial charge is 0.383 e. The molecule has 1 aromatic rings. The van der Waals surface area contributed by atoms with E-state index in [4.69, 9.17) is 0 Å². The third-order valence-corrected chi connectivity index (χ3v) is 4.96. The van der Waals surface area contributed by atoms with Gasteiger partial charge in [-0.25, -0.2) is 0 Å². The topological polar surface area (TPSA) is 70.0 Å². The molecule has 0 amide bonds. The van der Waals surface area contributed by atoms with Crippen LogP contribution in [0.3, 0.4) is 0 Å². The Balaban J connectivity index is 2.05. The highest BCUT2D eigenvalue weighted by molar-refractivity contribution is 7.90. The van der Waals surface area contributed by atoms with Crippen molar-refractivity contribution in [1.29, 1.82) is 0 Å². The second-order valence-corrected chi connectivity index (χ2v) is 7.99. The van der Waals surface area contributed by atoms with E-state index in [1.807, 2.05) is 19.0 Å². The van der Waals surface area contributed by atoms with Gasteiger partial charge in [0.15, 0.2) is 5.78 Å². The Morgan fingerprint density at radius 3 is 2.29 bits per heavy atom. The number of carbonyl (C=O) groups is 1. The number of sulfonamides is 1. The number of carbonyl (C=O) groups excluding carboxylic acids is 1. The summed E-state index contributed by atoms with van der Waals surface area (Å²) in [6, 6.07) is 6.64. The van der Waals surface area contributed by atoms with Crippen LogP contribution in [0.4, 0.5) is 0 Å². The van der Waals surface area contributed by atoms with Crippen LogP contribution in [0.15, 0.2) is 45.8 Å². The minimum atomic E-state index is -3.68. The van der Waals surface area contributed by atoms with E-state index in [0.29, 0.717) is 0 Å². The number of hydrogen-bond donors (Lipinski definition) is 0. The van der Waals surface area contributed by atoms with Gasteiger partial charge in [0.1, 0.15) is 6.34 Å². The molecule has 1 saturated carbocycles. The minimum Gasteiger partial charge on any atom is -0.383 e. The molecule has 0 spiro atoms. The Kier molecular flexibility index (Phi) is 5.43. The van der Waals surface area contributed by atoms with E-state index in [2.05, 4.69) is 4.40 Å². The first kappa shape index (κ1) is 18.2. The quantitative estimate of drug-likeness (QED) is 0.426. The van der Waals surface area contributed by atoms with Gasteiger partial charge in [-0.15, -0.1) is 4.40 Å². The summed E-state index contributed by atoms with van der Waals surface area (Å²) in [6.45, 7) is 0. The van der Waals surface area contributed by atoms with Gasteiger partial charge in [0.25, 0.3) is 10.0 Å². The lowest BCUT2D eigenvalue weighted by Crippen LogP contribution is -2.10. The first-order valence-electron chi connectivity index (χ1n) is 7.66. The predicted octanol–water partition coefficient (Wildman–Crippen LogP) is 1.71. The van der Waals surface area contributed by atoms with E-state index in [9.17, 15) is 13.2 Å². The van der Waals surface area contributed by atoms with E-state index in [0.717, 1.165) is 12.0 Å². The van der Waals surface area contributed by atoms with Crippen molar-refractivity contribution < 1.29 is 13.2 Å². The highest BCUT2D eigenvalue weighted by Crippen LogP contribution is 2.48. The molecule has 1 aromatic carbocycles. The van der Waals surface area contributed by atoms with Gasteiger partial charge in [-0.05, 0) is 36.1 Å². The molecule has 2 rings (SSSR count). The zero-order valence-electron chi connectivity index (χ0n) is 14.4. The van der Waals surface area contributed by atoms with Crippen LogP contribution in [0.1, 0.15) is 17.9 Å². The molecule has 0 radical (unpaired) electrons. The second kappa shape index (κ2) is 7.17. The molecule has 7 heteroatoms.